The highest BCUT2D eigenvalue weighted by Crippen LogP contribution is 2.25. The normalized spacial score (nSPS) is 14.2. The van der Waals surface area contributed by atoms with Crippen molar-refractivity contribution in [3.05, 3.63) is 60.2 Å². The molecule has 160 valence electrons. The van der Waals surface area contributed by atoms with Crippen molar-refractivity contribution in [3.8, 4) is 0 Å². The van der Waals surface area contributed by atoms with Crippen molar-refractivity contribution in [3.63, 3.8) is 0 Å². The quantitative estimate of drug-likeness (QED) is 0.513. The number of fused-ring (bicyclic) bond motifs is 1. The lowest BCUT2D eigenvalue weighted by Gasteiger charge is -2.23. The first-order valence-corrected chi connectivity index (χ1v) is 11.4. The summed E-state index contributed by atoms with van der Waals surface area (Å²) in [6.07, 6.45) is 16.1. The minimum absolute atomic E-state index is 0.506. The molecule has 4 rings (SSSR count). The molecule has 0 bridgehead atoms. The third kappa shape index (κ3) is 5.68. The van der Waals surface area contributed by atoms with Crippen LogP contribution < -0.4 is 5.32 Å². The molecule has 1 fully saturated rings. The molecule has 1 saturated carbocycles. The number of hydrogen-bond acceptors (Lipinski definition) is 4. The maximum Gasteiger partial charge on any atom is 0.223 e. The van der Waals surface area contributed by atoms with Crippen LogP contribution in [0, 0.1) is 6.92 Å². The van der Waals surface area contributed by atoms with Gasteiger partial charge in [0.2, 0.25) is 5.95 Å². The van der Waals surface area contributed by atoms with Crippen molar-refractivity contribution in [2.75, 3.05) is 5.32 Å². The second-order valence-electron chi connectivity index (χ2n) is 8.12. The number of aryl methyl sites for hydroxylation is 1. The second-order valence-corrected chi connectivity index (χ2v) is 8.12. The highest BCUT2D eigenvalue weighted by atomic mass is 15.2. The van der Waals surface area contributed by atoms with Gasteiger partial charge in [-0.3, -0.25) is 0 Å². The largest absolute Gasteiger partial charge is 0.351 e. The fraction of sp³-hybridized carbons (Fsp3) is 0.480. The minimum Gasteiger partial charge on any atom is -0.351 e. The Labute approximate surface area is 180 Å². The number of aromatic nitrogens is 4. The Hall–Kier alpha value is -2.69. The molecule has 0 spiro atoms. The Bertz CT molecular complexity index is 951. The number of hydrogen-bond donors (Lipinski definition) is 1. The molecule has 0 aliphatic heterocycles. The average molecular weight is 406 g/mol. The number of anilines is 1. The van der Waals surface area contributed by atoms with Crippen molar-refractivity contribution < 1.29 is 0 Å². The molecule has 30 heavy (non-hydrogen) atoms. The molecule has 5 heteroatoms. The molecule has 1 N–H and O–H groups in total. The van der Waals surface area contributed by atoms with E-state index in [4.69, 9.17) is 0 Å². The van der Waals surface area contributed by atoms with Gasteiger partial charge in [0.25, 0.3) is 0 Å². The topological polar surface area (TPSA) is 55.1 Å². The highest BCUT2D eigenvalue weighted by molar-refractivity contribution is 5.80. The van der Waals surface area contributed by atoms with Crippen molar-refractivity contribution in [1.82, 2.24) is 19.6 Å². The van der Waals surface area contributed by atoms with Crippen molar-refractivity contribution in [2.45, 2.75) is 78.2 Å². The van der Waals surface area contributed by atoms with Crippen LogP contribution in [-0.2, 0) is 0 Å². The molecular weight excluding hydrogens is 370 g/mol. The monoisotopic (exact) mass is 405 g/mol. The van der Waals surface area contributed by atoms with Gasteiger partial charge >= 0.3 is 0 Å². The molecule has 0 aromatic carbocycles. The molecule has 5 nitrogen and oxygen atoms in total. The van der Waals surface area contributed by atoms with Crippen LogP contribution in [0.3, 0.4) is 0 Å². The number of nitrogens with one attached hydrogen (secondary N) is 1. The number of pyridine rings is 1. The van der Waals surface area contributed by atoms with Crippen molar-refractivity contribution in [1.29, 1.82) is 0 Å². The second kappa shape index (κ2) is 10.9. The van der Waals surface area contributed by atoms with Crippen LogP contribution in [0.4, 0.5) is 5.95 Å². The maximum absolute atomic E-state index is 4.67. The van der Waals surface area contributed by atoms with Crippen LogP contribution in [0.2, 0.25) is 0 Å². The lowest BCUT2D eigenvalue weighted by atomic mass is 9.96. The zero-order valence-corrected chi connectivity index (χ0v) is 18.7. The van der Waals surface area contributed by atoms with Crippen molar-refractivity contribution in [2.24, 2.45) is 0 Å². The van der Waals surface area contributed by atoms with Gasteiger partial charge in [-0.1, -0.05) is 59.0 Å². The molecule has 0 atom stereocenters. The van der Waals surface area contributed by atoms with E-state index in [1.165, 1.54) is 51.4 Å². The number of unbranched alkanes of at least 4 members (excludes halogenated alkanes) is 2. The van der Waals surface area contributed by atoms with E-state index in [9.17, 15) is 0 Å². The van der Waals surface area contributed by atoms with E-state index in [1.807, 2.05) is 36.0 Å². The first kappa shape index (κ1) is 22.0. The fourth-order valence-electron chi connectivity index (χ4n) is 3.88. The van der Waals surface area contributed by atoms with E-state index >= 15 is 0 Å². The summed E-state index contributed by atoms with van der Waals surface area (Å²) in [4.78, 5) is 9.20. The molecule has 3 aromatic heterocycles. The summed E-state index contributed by atoms with van der Waals surface area (Å²) in [5.41, 5.74) is 4.98. The van der Waals surface area contributed by atoms with Crippen LogP contribution in [-0.4, -0.2) is 25.6 Å². The summed E-state index contributed by atoms with van der Waals surface area (Å²) < 4.78 is 1.84. The lowest BCUT2D eigenvalue weighted by molar-refractivity contribution is 0.460. The van der Waals surface area contributed by atoms with Gasteiger partial charge in [-0.2, -0.15) is 5.10 Å². The van der Waals surface area contributed by atoms with E-state index < -0.39 is 0 Å². The van der Waals surface area contributed by atoms with E-state index in [2.05, 4.69) is 46.9 Å². The molecule has 0 amide bonds. The maximum atomic E-state index is 4.67. The number of nitrogens with zero attached hydrogens (tertiary/aromatic N) is 4. The molecule has 0 radical (unpaired) electrons. The predicted molar refractivity (Wildman–Crippen MR) is 126 cm³/mol. The van der Waals surface area contributed by atoms with Gasteiger partial charge in [-0.05, 0) is 49.1 Å². The molecule has 3 aromatic rings. The Morgan fingerprint density at radius 2 is 1.93 bits per heavy atom. The van der Waals surface area contributed by atoms with Gasteiger partial charge in [-0.25, -0.2) is 14.5 Å². The lowest BCUT2D eigenvalue weighted by Crippen LogP contribution is -2.23. The van der Waals surface area contributed by atoms with Crippen LogP contribution in [0.1, 0.15) is 82.0 Å². The fourth-order valence-corrected chi connectivity index (χ4v) is 3.88. The Kier molecular flexibility index (Phi) is 8.00. The van der Waals surface area contributed by atoms with E-state index in [0.29, 0.717) is 6.04 Å². The Morgan fingerprint density at radius 3 is 2.60 bits per heavy atom. The first-order chi connectivity index (χ1) is 14.6. The SMILES string of the molecule is C=C(c1ccn2nccc2c1)c1cnc(NC2CCCCC2)nc1C.CCCCC. The van der Waals surface area contributed by atoms with E-state index in [-0.39, 0.29) is 0 Å². The Morgan fingerprint density at radius 1 is 1.17 bits per heavy atom. The zero-order chi connectivity index (χ0) is 21.3. The third-order valence-corrected chi connectivity index (χ3v) is 5.70. The molecule has 1 aliphatic rings. The van der Waals surface area contributed by atoms with Crippen LogP contribution in [0.15, 0.2) is 43.4 Å². The summed E-state index contributed by atoms with van der Waals surface area (Å²) in [6.45, 7) is 10.7. The van der Waals surface area contributed by atoms with Gasteiger partial charge in [0.1, 0.15) is 0 Å². The van der Waals surface area contributed by atoms with E-state index in [1.54, 1.807) is 6.20 Å². The predicted octanol–water partition coefficient (Wildman–Crippen LogP) is 6.44. The zero-order valence-electron chi connectivity index (χ0n) is 18.7. The van der Waals surface area contributed by atoms with Crippen LogP contribution >= 0.6 is 0 Å². The van der Waals surface area contributed by atoms with Crippen molar-refractivity contribution >= 4 is 17.0 Å². The summed E-state index contributed by atoms with van der Waals surface area (Å²) in [6, 6.07) is 6.60. The average Bonchev–Trinajstić information content (AvgIpc) is 3.23. The van der Waals surface area contributed by atoms with Gasteiger partial charge in [0.05, 0.1) is 11.2 Å². The van der Waals surface area contributed by atoms with Crippen LogP contribution in [0.5, 0.6) is 0 Å². The van der Waals surface area contributed by atoms with E-state index in [0.717, 1.165) is 33.9 Å². The summed E-state index contributed by atoms with van der Waals surface area (Å²) in [5, 5.41) is 7.72. The smallest absolute Gasteiger partial charge is 0.223 e. The van der Waals surface area contributed by atoms with Gasteiger partial charge in [-0.15, -0.1) is 0 Å². The molecule has 1 aliphatic carbocycles. The summed E-state index contributed by atoms with van der Waals surface area (Å²) >= 11 is 0. The molecule has 0 unspecified atom stereocenters. The first-order valence-electron chi connectivity index (χ1n) is 11.4. The highest BCUT2D eigenvalue weighted by Gasteiger charge is 2.15. The molecular formula is C25H35N5. The molecule has 3 heterocycles. The van der Waals surface area contributed by atoms with Crippen LogP contribution in [0.25, 0.3) is 11.1 Å². The van der Waals surface area contributed by atoms with Gasteiger partial charge in [0, 0.05) is 30.2 Å². The minimum atomic E-state index is 0.506. The standard InChI is InChI=1S/C20H23N5.C5H12/c1-14(16-9-11-25-18(12-16)8-10-22-25)19-13-21-20(23-15(19)2)24-17-6-4-3-5-7-17;1-3-5-4-2/h8-13,17H,1,3-7H2,2H3,(H,21,23,24);3-5H2,1-2H3. The summed E-state index contributed by atoms with van der Waals surface area (Å²) in [5.74, 6) is 0.729. The third-order valence-electron chi connectivity index (χ3n) is 5.70. The Balaban J connectivity index is 0.000000461. The molecule has 0 saturated heterocycles. The summed E-state index contributed by atoms with van der Waals surface area (Å²) in [7, 11) is 0. The van der Waals surface area contributed by atoms with Gasteiger partial charge in [0.15, 0.2) is 0 Å². The number of rotatable bonds is 6. The van der Waals surface area contributed by atoms with Gasteiger partial charge < -0.3 is 5.32 Å².